The maximum absolute atomic E-state index is 13.6. The maximum Gasteiger partial charge on any atom is 0.420 e. The van der Waals surface area contributed by atoms with Crippen molar-refractivity contribution in [3.05, 3.63) is 41.6 Å². The zero-order valence-electron chi connectivity index (χ0n) is 15.3. The Balaban J connectivity index is 1.86. The molecule has 0 amide bonds. The van der Waals surface area contributed by atoms with Gasteiger partial charge in [-0.2, -0.15) is 13.2 Å². The van der Waals surface area contributed by atoms with Crippen LogP contribution in [0, 0.1) is 5.41 Å². The Morgan fingerprint density at radius 2 is 2.04 bits per heavy atom. The Morgan fingerprint density at radius 1 is 1.26 bits per heavy atom. The number of rotatable bonds is 2. The number of aliphatic hydroxyl groups excluding tert-OH is 1. The quantitative estimate of drug-likeness (QED) is 0.836. The molecule has 6 heteroatoms. The number of halogens is 3. The van der Waals surface area contributed by atoms with Gasteiger partial charge in [0.05, 0.1) is 17.3 Å². The standard InChI is InChI=1S/C21H23F3N2O/c1-2-20-9-5-10-25-11-8-14-13-6-3-4-7-15(13)26(17(14)18(20)25)16(12-20)19(27)21(22,23)24/h3-4,6-7,12,18-19,27H,2,5,8-11H2,1H3/t18-,19?,20+/m1/s1. The maximum atomic E-state index is 13.6. The van der Waals surface area contributed by atoms with E-state index < -0.39 is 12.3 Å². The van der Waals surface area contributed by atoms with Crippen LogP contribution < -0.4 is 0 Å². The largest absolute Gasteiger partial charge is 0.420 e. The van der Waals surface area contributed by atoms with Crippen LogP contribution >= 0.6 is 0 Å². The summed E-state index contributed by atoms with van der Waals surface area (Å²) in [7, 11) is 0. The molecule has 3 aliphatic heterocycles. The lowest BCUT2D eigenvalue weighted by molar-refractivity contribution is -0.186. The molecule has 1 N–H and O–H groups in total. The van der Waals surface area contributed by atoms with Gasteiger partial charge < -0.3 is 9.67 Å². The van der Waals surface area contributed by atoms with E-state index in [0.29, 0.717) is 0 Å². The second-order valence-corrected chi connectivity index (χ2v) is 8.11. The lowest BCUT2D eigenvalue weighted by atomic mass is 9.66. The van der Waals surface area contributed by atoms with E-state index in [4.69, 9.17) is 0 Å². The summed E-state index contributed by atoms with van der Waals surface area (Å²) < 4.78 is 42.4. The number of piperidine rings is 1. The van der Waals surface area contributed by atoms with Gasteiger partial charge in [-0.1, -0.05) is 31.2 Å². The Kier molecular flexibility index (Phi) is 3.60. The summed E-state index contributed by atoms with van der Waals surface area (Å²) in [5.41, 5.74) is 2.55. The predicted octanol–water partition coefficient (Wildman–Crippen LogP) is 4.51. The highest BCUT2D eigenvalue weighted by Gasteiger charge is 2.53. The van der Waals surface area contributed by atoms with Crippen molar-refractivity contribution >= 4 is 16.6 Å². The minimum absolute atomic E-state index is 0.0122. The van der Waals surface area contributed by atoms with Crippen LogP contribution in [0.25, 0.3) is 16.6 Å². The van der Waals surface area contributed by atoms with E-state index in [1.165, 1.54) is 0 Å². The van der Waals surface area contributed by atoms with Crippen LogP contribution in [0.2, 0.25) is 0 Å². The van der Waals surface area contributed by atoms with Crippen molar-refractivity contribution in [2.75, 3.05) is 13.1 Å². The van der Waals surface area contributed by atoms with E-state index in [-0.39, 0.29) is 17.2 Å². The molecule has 1 aromatic carbocycles. The van der Waals surface area contributed by atoms with E-state index in [9.17, 15) is 18.3 Å². The highest BCUT2D eigenvalue weighted by molar-refractivity contribution is 5.90. The van der Waals surface area contributed by atoms with E-state index >= 15 is 0 Å². The van der Waals surface area contributed by atoms with Crippen molar-refractivity contribution in [1.82, 2.24) is 9.47 Å². The van der Waals surface area contributed by atoms with E-state index in [1.54, 1.807) is 10.6 Å². The topological polar surface area (TPSA) is 28.4 Å². The van der Waals surface area contributed by atoms with Gasteiger partial charge in [-0.25, -0.2) is 0 Å². The SMILES string of the molecule is CC[C@@]12C=C(C(O)C(F)(F)F)n3c4c(c5ccccc53)CCN(CCC1)[C@H]42. The first-order valence-electron chi connectivity index (χ1n) is 9.71. The van der Waals surface area contributed by atoms with Gasteiger partial charge >= 0.3 is 6.18 Å². The molecular formula is C21H23F3N2O. The molecule has 27 heavy (non-hydrogen) atoms. The third-order valence-electron chi connectivity index (χ3n) is 6.87. The van der Waals surface area contributed by atoms with Gasteiger partial charge in [0.25, 0.3) is 0 Å². The molecule has 4 heterocycles. The highest BCUT2D eigenvalue weighted by atomic mass is 19.4. The van der Waals surface area contributed by atoms with Crippen LogP contribution in [0.4, 0.5) is 13.2 Å². The summed E-state index contributed by atoms with van der Waals surface area (Å²) >= 11 is 0. The summed E-state index contributed by atoms with van der Waals surface area (Å²) in [6.07, 6.45) is -1.95. The summed E-state index contributed by atoms with van der Waals surface area (Å²) in [6, 6.07) is 7.76. The number of alkyl halides is 3. The van der Waals surface area contributed by atoms with Crippen molar-refractivity contribution in [2.24, 2.45) is 5.41 Å². The number of aromatic nitrogens is 1. The van der Waals surface area contributed by atoms with Crippen LogP contribution in [0.15, 0.2) is 30.3 Å². The van der Waals surface area contributed by atoms with Gasteiger partial charge in [0.2, 0.25) is 0 Å². The first-order valence-corrected chi connectivity index (χ1v) is 9.71. The molecule has 0 bridgehead atoms. The van der Waals surface area contributed by atoms with Crippen LogP contribution in [0.5, 0.6) is 0 Å². The van der Waals surface area contributed by atoms with Crippen molar-refractivity contribution in [3.63, 3.8) is 0 Å². The number of fused-ring (bicyclic) bond motifs is 3. The second kappa shape index (κ2) is 5.61. The molecule has 0 radical (unpaired) electrons. The van der Waals surface area contributed by atoms with Crippen LogP contribution in [-0.4, -0.2) is 39.9 Å². The number of nitrogens with zero attached hydrogens (tertiary/aromatic N) is 2. The molecule has 3 aliphatic rings. The number of aliphatic hydroxyl groups is 1. The molecule has 1 fully saturated rings. The van der Waals surface area contributed by atoms with E-state index in [0.717, 1.165) is 60.9 Å². The average molecular weight is 376 g/mol. The van der Waals surface area contributed by atoms with Gasteiger partial charge in [0, 0.05) is 23.0 Å². The lowest BCUT2D eigenvalue weighted by Crippen LogP contribution is -2.51. The zero-order chi connectivity index (χ0) is 19.0. The van der Waals surface area contributed by atoms with Gasteiger partial charge in [0.15, 0.2) is 6.10 Å². The Labute approximate surface area is 156 Å². The molecule has 0 aliphatic carbocycles. The molecule has 0 spiro atoms. The summed E-state index contributed by atoms with van der Waals surface area (Å²) in [4.78, 5) is 2.44. The summed E-state index contributed by atoms with van der Waals surface area (Å²) in [6.45, 7) is 3.99. The molecule has 3 atom stereocenters. The third kappa shape index (κ3) is 2.23. The van der Waals surface area contributed by atoms with Gasteiger partial charge in [-0.3, -0.25) is 4.90 Å². The highest BCUT2D eigenvalue weighted by Crippen LogP contribution is 2.57. The third-order valence-corrected chi connectivity index (χ3v) is 6.87. The minimum Gasteiger partial charge on any atom is -0.378 e. The van der Waals surface area contributed by atoms with E-state index in [1.807, 2.05) is 24.3 Å². The molecular weight excluding hydrogens is 353 g/mol. The van der Waals surface area contributed by atoms with Crippen LogP contribution in [-0.2, 0) is 6.42 Å². The van der Waals surface area contributed by atoms with Gasteiger partial charge in [-0.15, -0.1) is 0 Å². The number of benzene rings is 1. The molecule has 1 saturated heterocycles. The minimum atomic E-state index is -4.69. The van der Waals surface area contributed by atoms with Crippen molar-refractivity contribution in [3.8, 4) is 0 Å². The Bertz CT molecular complexity index is 945. The molecule has 144 valence electrons. The van der Waals surface area contributed by atoms with Crippen molar-refractivity contribution in [1.29, 1.82) is 0 Å². The van der Waals surface area contributed by atoms with E-state index in [2.05, 4.69) is 11.8 Å². The molecule has 5 rings (SSSR count). The van der Waals surface area contributed by atoms with Crippen LogP contribution in [0.1, 0.15) is 43.5 Å². The number of hydrogen-bond donors (Lipinski definition) is 1. The lowest BCUT2D eigenvalue weighted by Gasteiger charge is -2.54. The van der Waals surface area contributed by atoms with Gasteiger partial charge in [0.1, 0.15) is 0 Å². The number of hydrogen-bond acceptors (Lipinski definition) is 2. The molecule has 3 nitrogen and oxygen atoms in total. The Hall–Kier alpha value is -1.79. The first kappa shape index (κ1) is 17.3. The monoisotopic (exact) mass is 376 g/mol. The summed E-state index contributed by atoms with van der Waals surface area (Å²) in [5, 5.41) is 11.3. The smallest absolute Gasteiger partial charge is 0.378 e. The predicted molar refractivity (Wildman–Crippen MR) is 98.2 cm³/mol. The van der Waals surface area contributed by atoms with Crippen molar-refractivity contribution < 1.29 is 18.3 Å². The fraction of sp³-hybridized carbons (Fsp3) is 0.524. The van der Waals surface area contributed by atoms with Crippen LogP contribution in [0.3, 0.4) is 0 Å². The fourth-order valence-corrected chi connectivity index (χ4v) is 5.69. The Morgan fingerprint density at radius 3 is 2.78 bits per heavy atom. The molecule has 1 aromatic heterocycles. The average Bonchev–Trinajstić information content (AvgIpc) is 3.00. The van der Waals surface area contributed by atoms with Crippen molar-refractivity contribution in [2.45, 2.75) is 50.9 Å². The van der Waals surface area contributed by atoms with Gasteiger partial charge in [-0.05, 0) is 43.9 Å². The first-order chi connectivity index (χ1) is 12.9. The number of para-hydroxylation sites is 1. The second-order valence-electron chi connectivity index (χ2n) is 8.11. The zero-order valence-corrected chi connectivity index (χ0v) is 15.3. The normalized spacial score (nSPS) is 28.8. The molecule has 1 unspecified atom stereocenters. The summed E-state index contributed by atoms with van der Waals surface area (Å²) in [5.74, 6) is 0. The fourth-order valence-electron chi connectivity index (χ4n) is 5.69. The molecule has 0 saturated carbocycles. The molecule has 2 aromatic rings.